The Hall–Kier alpha value is -2.98. The highest BCUT2D eigenvalue weighted by Gasteiger charge is 2.16. The van der Waals surface area contributed by atoms with Gasteiger partial charge in [0.15, 0.2) is 10.9 Å². The lowest BCUT2D eigenvalue weighted by molar-refractivity contribution is 0.103. The lowest BCUT2D eigenvalue weighted by Gasteiger charge is -2.21. The van der Waals surface area contributed by atoms with Crippen molar-refractivity contribution in [2.45, 2.75) is 52.5 Å². The summed E-state index contributed by atoms with van der Waals surface area (Å²) in [7, 11) is 0. The fraction of sp³-hybridized carbons (Fsp3) is 0.286. The topological polar surface area (TPSA) is 41.1 Å². The summed E-state index contributed by atoms with van der Waals surface area (Å²) in [6.07, 6.45) is 0.912. The highest BCUT2D eigenvalue weighted by Crippen LogP contribution is 2.24. The average Bonchev–Trinajstić information content (AvgIpc) is 2.77. The molecule has 0 aliphatic heterocycles. The highest BCUT2D eigenvalue weighted by atomic mass is 32.1. The molecule has 0 fully saturated rings. The fourth-order valence-corrected chi connectivity index (χ4v) is 3.99. The van der Waals surface area contributed by atoms with E-state index in [0.29, 0.717) is 16.2 Å². The Balaban J connectivity index is 1.71. The van der Waals surface area contributed by atoms with Crippen LogP contribution in [0.5, 0.6) is 0 Å². The number of carbonyl (C=O) groups is 1. The third kappa shape index (κ3) is 5.83. The van der Waals surface area contributed by atoms with Crippen LogP contribution in [0, 0.1) is 6.92 Å². The number of carbonyl (C=O) groups excluding carboxylic acids is 1. The molecule has 0 amide bonds. The molecular weight excluding hydrogens is 412 g/mol. The standard InChI is InChI=1S/C28H32N2OS/c1-6-25(24-13-8-7-10-19(24)2)30-27(32)29-23-12-9-11-21(18-23)26(31)20-14-16-22(17-15-20)28(3,4)5/h7-18,25H,6H2,1-5H3,(H2,29,30,32). The number of nitrogens with one attached hydrogen (secondary N) is 2. The molecule has 3 aromatic rings. The summed E-state index contributed by atoms with van der Waals surface area (Å²) in [5, 5.41) is 7.19. The van der Waals surface area contributed by atoms with Gasteiger partial charge in [0.05, 0.1) is 6.04 Å². The predicted molar refractivity (Wildman–Crippen MR) is 139 cm³/mol. The molecule has 0 radical (unpaired) electrons. The van der Waals surface area contributed by atoms with Crippen LogP contribution in [0.2, 0.25) is 0 Å². The molecule has 1 unspecified atom stereocenters. The van der Waals surface area contributed by atoms with Crippen molar-refractivity contribution in [3.63, 3.8) is 0 Å². The summed E-state index contributed by atoms with van der Waals surface area (Å²) in [6, 6.07) is 23.8. The largest absolute Gasteiger partial charge is 0.356 e. The van der Waals surface area contributed by atoms with Crippen LogP contribution in [0.25, 0.3) is 0 Å². The van der Waals surface area contributed by atoms with E-state index in [2.05, 4.69) is 57.4 Å². The first-order chi connectivity index (χ1) is 15.2. The molecule has 32 heavy (non-hydrogen) atoms. The van der Waals surface area contributed by atoms with Crippen molar-refractivity contribution in [3.05, 3.63) is 101 Å². The Labute approximate surface area is 197 Å². The summed E-state index contributed by atoms with van der Waals surface area (Å²) in [5.74, 6) is -0.000619. The maximum absolute atomic E-state index is 13.0. The van der Waals surface area contributed by atoms with Crippen molar-refractivity contribution in [1.82, 2.24) is 5.32 Å². The first-order valence-electron chi connectivity index (χ1n) is 11.1. The molecule has 3 aromatic carbocycles. The van der Waals surface area contributed by atoms with Gasteiger partial charge in [0.1, 0.15) is 0 Å². The van der Waals surface area contributed by atoms with Gasteiger partial charge in [-0.2, -0.15) is 0 Å². The van der Waals surface area contributed by atoms with Gasteiger partial charge in [-0.1, -0.05) is 88.4 Å². The third-order valence-electron chi connectivity index (χ3n) is 5.67. The number of aryl methyl sites for hydroxylation is 1. The number of benzene rings is 3. The van der Waals surface area contributed by atoms with E-state index in [1.165, 1.54) is 16.7 Å². The molecule has 0 spiro atoms. The lowest BCUT2D eigenvalue weighted by Crippen LogP contribution is -2.32. The second kappa shape index (κ2) is 10.1. The minimum atomic E-state index is -0.000619. The molecule has 0 aliphatic carbocycles. The molecule has 3 rings (SSSR count). The summed E-state index contributed by atoms with van der Waals surface area (Å²) in [6.45, 7) is 10.7. The van der Waals surface area contributed by atoms with Crippen LogP contribution in [0.4, 0.5) is 5.69 Å². The monoisotopic (exact) mass is 444 g/mol. The number of anilines is 1. The molecule has 0 aromatic heterocycles. The van der Waals surface area contributed by atoms with E-state index in [1.54, 1.807) is 0 Å². The quantitative estimate of drug-likeness (QED) is 0.318. The van der Waals surface area contributed by atoms with Crippen LogP contribution in [0.3, 0.4) is 0 Å². The highest BCUT2D eigenvalue weighted by molar-refractivity contribution is 7.80. The molecule has 166 valence electrons. The van der Waals surface area contributed by atoms with Crippen LogP contribution in [-0.4, -0.2) is 10.9 Å². The zero-order valence-electron chi connectivity index (χ0n) is 19.5. The number of rotatable bonds is 6. The van der Waals surface area contributed by atoms with Crippen molar-refractivity contribution in [2.75, 3.05) is 5.32 Å². The van der Waals surface area contributed by atoms with Crippen LogP contribution in [-0.2, 0) is 5.41 Å². The zero-order chi connectivity index (χ0) is 23.3. The van der Waals surface area contributed by atoms with Crippen LogP contribution in [0.1, 0.15) is 72.8 Å². The maximum atomic E-state index is 13.0. The second-order valence-electron chi connectivity index (χ2n) is 9.15. The summed E-state index contributed by atoms with van der Waals surface area (Å²) < 4.78 is 0. The van der Waals surface area contributed by atoms with Crippen molar-refractivity contribution in [1.29, 1.82) is 0 Å². The molecule has 0 saturated carbocycles. The van der Waals surface area contributed by atoms with Gasteiger partial charge in [-0.3, -0.25) is 4.79 Å². The van der Waals surface area contributed by atoms with E-state index in [4.69, 9.17) is 12.2 Å². The third-order valence-corrected chi connectivity index (χ3v) is 5.89. The van der Waals surface area contributed by atoms with Gasteiger partial charge in [0, 0.05) is 16.8 Å². The van der Waals surface area contributed by atoms with Crippen LogP contribution < -0.4 is 10.6 Å². The minimum absolute atomic E-state index is 0.000619. The molecule has 0 aliphatic rings. The lowest BCUT2D eigenvalue weighted by atomic mass is 9.86. The first-order valence-corrected chi connectivity index (χ1v) is 11.5. The Kier molecular flexibility index (Phi) is 7.47. The molecule has 1 atom stereocenters. The number of thiocarbonyl (C=S) groups is 1. The van der Waals surface area contributed by atoms with E-state index < -0.39 is 0 Å². The van der Waals surface area contributed by atoms with Crippen molar-refractivity contribution < 1.29 is 4.79 Å². The molecule has 3 nitrogen and oxygen atoms in total. The Bertz CT molecular complexity index is 1100. The number of hydrogen-bond donors (Lipinski definition) is 2. The fourth-order valence-electron chi connectivity index (χ4n) is 3.73. The van der Waals surface area contributed by atoms with Gasteiger partial charge in [-0.25, -0.2) is 0 Å². The number of hydrogen-bond acceptors (Lipinski definition) is 2. The average molecular weight is 445 g/mol. The SMILES string of the molecule is CCC(NC(=S)Nc1cccc(C(=O)c2ccc(C(C)(C)C)cc2)c1)c1ccccc1C. The molecule has 0 bridgehead atoms. The van der Waals surface area contributed by atoms with Gasteiger partial charge in [0.2, 0.25) is 0 Å². The van der Waals surface area contributed by atoms with E-state index in [0.717, 1.165) is 12.1 Å². The van der Waals surface area contributed by atoms with E-state index >= 15 is 0 Å². The van der Waals surface area contributed by atoms with Crippen LogP contribution in [0.15, 0.2) is 72.8 Å². The summed E-state index contributed by atoms with van der Waals surface area (Å²) >= 11 is 5.57. The normalized spacial score (nSPS) is 12.2. The Morgan fingerprint density at radius 3 is 2.25 bits per heavy atom. The molecule has 0 heterocycles. The zero-order valence-corrected chi connectivity index (χ0v) is 20.3. The van der Waals surface area contributed by atoms with Crippen molar-refractivity contribution in [3.8, 4) is 0 Å². The van der Waals surface area contributed by atoms with E-state index in [-0.39, 0.29) is 17.2 Å². The van der Waals surface area contributed by atoms with Crippen LogP contribution >= 0.6 is 12.2 Å². The van der Waals surface area contributed by atoms with Gasteiger partial charge < -0.3 is 10.6 Å². The molecular formula is C28H32N2OS. The second-order valence-corrected chi connectivity index (χ2v) is 9.56. The Morgan fingerprint density at radius 1 is 0.938 bits per heavy atom. The summed E-state index contributed by atoms with van der Waals surface area (Å²) in [4.78, 5) is 13.0. The summed E-state index contributed by atoms with van der Waals surface area (Å²) in [5.41, 5.74) is 5.84. The molecule has 2 N–H and O–H groups in total. The smallest absolute Gasteiger partial charge is 0.193 e. The molecule has 4 heteroatoms. The number of ketones is 1. The van der Waals surface area contributed by atoms with Crippen molar-refractivity contribution >= 4 is 28.8 Å². The first kappa shape index (κ1) is 23.7. The minimum Gasteiger partial charge on any atom is -0.356 e. The maximum Gasteiger partial charge on any atom is 0.193 e. The van der Waals surface area contributed by atoms with Crippen molar-refractivity contribution in [2.24, 2.45) is 0 Å². The van der Waals surface area contributed by atoms with Gasteiger partial charge >= 0.3 is 0 Å². The van der Waals surface area contributed by atoms with Gasteiger partial charge in [-0.05, 0) is 59.8 Å². The molecule has 0 saturated heterocycles. The Morgan fingerprint density at radius 2 is 1.62 bits per heavy atom. The van der Waals surface area contributed by atoms with E-state index in [1.807, 2.05) is 60.7 Å². The van der Waals surface area contributed by atoms with Gasteiger partial charge in [-0.15, -0.1) is 0 Å². The van der Waals surface area contributed by atoms with Gasteiger partial charge in [0.25, 0.3) is 0 Å². The predicted octanol–water partition coefficient (Wildman–Crippen LogP) is 6.96. The van der Waals surface area contributed by atoms with E-state index in [9.17, 15) is 4.79 Å².